The number of piperazine rings is 1. The molecule has 2 N–H and O–H groups in total. The van der Waals surface area contributed by atoms with Crippen molar-refractivity contribution >= 4 is 35.3 Å². The van der Waals surface area contributed by atoms with Crippen molar-refractivity contribution in [2.75, 3.05) is 46.4 Å². The average molecular weight is 654 g/mol. The van der Waals surface area contributed by atoms with Gasteiger partial charge in [-0.3, -0.25) is 14.7 Å². The van der Waals surface area contributed by atoms with Crippen LogP contribution in [0.4, 0.5) is 14.0 Å². The first-order valence-corrected chi connectivity index (χ1v) is 16.3. The summed E-state index contributed by atoms with van der Waals surface area (Å²) in [4.78, 5) is 59.3. The molecule has 13 nitrogen and oxygen atoms in total. The molecule has 4 heterocycles. The molecule has 3 aliphatic heterocycles. The zero-order valence-corrected chi connectivity index (χ0v) is 26.7. The van der Waals surface area contributed by atoms with Crippen molar-refractivity contribution < 1.29 is 33.5 Å². The Kier molecular flexibility index (Phi) is 7.52. The Morgan fingerprint density at radius 3 is 2.70 bits per heavy atom. The highest BCUT2D eigenvalue weighted by Crippen LogP contribution is 2.67. The Hall–Kier alpha value is -4.08. The molecule has 0 spiro atoms. The number of hydroxylamine groups is 2. The first-order valence-electron chi connectivity index (χ1n) is 15.4. The third-order valence-corrected chi connectivity index (χ3v) is 10.8. The number of fused-ring (bicyclic) bond motifs is 1. The van der Waals surface area contributed by atoms with E-state index in [1.165, 1.54) is 24.5 Å². The maximum absolute atomic E-state index is 14.8. The van der Waals surface area contributed by atoms with Gasteiger partial charge in [0, 0.05) is 50.0 Å². The fourth-order valence-corrected chi connectivity index (χ4v) is 8.55. The maximum Gasteiger partial charge on any atom is 0.432 e. The summed E-state index contributed by atoms with van der Waals surface area (Å²) in [6.45, 7) is 6.17. The lowest BCUT2D eigenvalue weighted by Gasteiger charge is -2.73. The molecule has 0 unspecified atom stereocenters. The molecular weight excluding hydrogens is 617 g/mol. The standard InChI is InChI=1S/C31H36FN7O6S/c1-4-45-27(40)23-22(34-25(26-33-8-11-46-26)35-24(23)20-6-5-7-21(32)18(20)2)14-36-9-10-37-19(12-36)13-38(28(37)41)30-15-31(16-30,17-30)39(44-3)29(42)43/h5-8,11,19,24H,4,9-10,12-17H2,1-3H3,(H,34,35)(H,42,43)/t19-,24-,30?,31?/m0/s1. The number of carbonyl (C=O) groups is 3. The number of aromatic nitrogens is 1. The first kappa shape index (κ1) is 30.6. The third-order valence-electron chi connectivity index (χ3n) is 10.0. The van der Waals surface area contributed by atoms with Crippen LogP contribution >= 0.6 is 11.3 Å². The van der Waals surface area contributed by atoms with E-state index in [9.17, 15) is 23.9 Å². The number of rotatable bonds is 9. The highest BCUT2D eigenvalue weighted by Gasteiger charge is 2.76. The summed E-state index contributed by atoms with van der Waals surface area (Å²) in [7, 11) is 1.36. The van der Waals surface area contributed by atoms with Gasteiger partial charge in [-0.15, -0.1) is 11.3 Å². The minimum absolute atomic E-state index is 0.0145. The van der Waals surface area contributed by atoms with Crippen LogP contribution in [0.15, 0.2) is 46.0 Å². The van der Waals surface area contributed by atoms with Crippen molar-refractivity contribution in [3.8, 4) is 0 Å². The van der Waals surface area contributed by atoms with Gasteiger partial charge >= 0.3 is 18.1 Å². The van der Waals surface area contributed by atoms with Gasteiger partial charge in [-0.05, 0) is 50.3 Å². The van der Waals surface area contributed by atoms with Gasteiger partial charge in [-0.1, -0.05) is 12.1 Å². The van der Waals surface area contributed by atoms with Gasteiger partial charge in [0.15, 0.2) is 10.8 Å². The van der Waals surface area contributed by atoms with Crippen molar-refractivity contribution in [1.82, 2.24) is 30.1 Å². The van der Waals surface area contributed by atoms with E-state index in [0.29, 0.717) is 85.2 Å². The molecule has 2 aromatic rings. The normalized spacial score (nSPS) is 28.6. The second-order valence-corrected chi connectivity index (χ2v) is 13.5. The van der Waals surface area contributed by atoms with Gasteiger partial charge in [0.2, 0.25) is 0 Å². The number of benzene rings is 1. The predicted octanol–water partition coefficient (Wildman–Crippen LogP) is 3.14. The number of esters is 1. The molecule has 2 bridgehead atoms. The van der Waals surface area contributed by atoms with Crippen molar-refractivity contribution in [3.05, 3.63) is 63.0 Å². The smallest absolute Gasteiger partial charge is 0.432 e. The first-order chi connectivity index (χ1) is 22.1. The van der Waals surface area contributed by atoms with Crippen LogP contribution in [-0.4, -0.2) is 117 Å². The Morgan fingerprint density at radius 2 is 2.02 bits per heavy atom. The SMILES string of the molecule is CCOC(=O)C1=C(CN2CCN3C(=O)N(C45CC(N(OC)C(=O)O)(C4)C5)C[C@@H]3C2)NC(c2nccs2)=N[C@H]1c1cccc(F)c1C. The molecule has 1 aromatic heterocycles. The van der Waals surface area contributed by atoms with E-state index < -0.39 is 23.6 Å². The summed E-state index contributed by atoms with van der Waals surface area (Å²) in [6.07, 6.45) is 2.25. The number of amidine groups is 1. The number of nitrogens with one attached hydrogen (secondary N) is 1. The Labute approximate surface area is 269 Å². The number of halogens is 1. The zero-order valence-electron chi connectivity index (χ0n) is 25.9. The topological polar surface area (TPSA) is 140 Å². The van der Waals surface area contributed by atoms with Gasteiger partial charge in [0.05, 0.1) is 36.4 Å². The van der Waals surface area contributed by atoms with E-state index in [4.69, 9.17) is 14.6 Å². The largest absolute Gasteiger partial charge is 0.463 e. The number of hydrogen-bond acceptors (Lipinski definition) is 10. The maximum atomic E-state index is 14.8. The van der Waals surface area contributed by atoms with Gasteiger partial charge in [0.1, 0.15) is 11.9 Å². The summed E-state index contributed by atoms with van der Waals surface area (Å²) < 4.78 is 20.3. The van der Waals surface area contributed by atoms with Crippen LogP contribution in [0.25, 0.3) is 0 Å². The van der Waals surface area contributed by atoms with E-state index in [1.54, 1.807) is 32.2 Å². The molecule has 15 heteroatoms. The number of amides is 3. The number of carboxylic acid groups (broad SMARTS) is 1. The van der Waals surface area contributed by atoms with Crippen molar-refractivity contribution in [3.63, 3.8) is 0 Å². The Morgan fingerprint density at radius 1 is 1.24 bits per heavy atom. The van der Waals surface area contributed by atoms with E-state index in [2.05, 4.69) is 15.2 Å². The van der Waals surface area contributed by atoms with Gasteiger partial charge < -0.3 is 25.0 Å². The van der Waals surface area contributed by atoms with E-state index in [1.807, 2.05) is 15.2 Å². The molecule has 8 rings (SSSR count). The number of aliphatic imine (C=N–C) groups is 1. The van der Waals surface area contributed by atoms with Crippen molar-refractivity contribution in [2.24, 2.45) is 4.99 Å². The molecular formula is C31H36FN7O6S. The van der Waals surface area contributed by atoms with E-state index in [-0.39, 0.29) is 30.0 Å². The van der Waals surface area contributed by atoms with Crippen LogP contribution in [0.2, 0.25) is 0 Å². The van der Waals surface area contributed by atoms with Gasteiger partial charge in [0.25, 0.3) is 0 Å². The van der Waals surface area contributed by atoms with Gasteiger partial charge in [-0.25, -0.2) is 23.8 Å². The van der Waals surface area contributed by atoms with E-state index in [0.717, 1.165) is 5.06 Å². The number of thiazole rings is 1. The van der Waals surface area contributed by atoms with Crippen LogP contribution < -0.4 is 5.32 Å². The van der Waals surface area contributed by atoms with Crippen LogP contribution in [0.3, 0.4) is 0 Å². The summed E-state index contributed by atoms with van der Waals surface area (Å²) in [5.41, 5.74) is 1.00. The number of hydrogen-bond donors (Lipinski definition) is 2. The van der Waals surface area contributed by atoms with Crippen LogP contribution in [0.5, 0.6) is 0 Å². The Balaban J connectivity index is 1.14. The summed E-state index contributed by atoms with van der Waals surface area (Å²) in [5.74, 6) is -0.409. The van der Waals surface area contributed by atoms with Crippen molar-refractivity contribution in [1.29, 1.82) is 0 Å². The lowest BCUT2D eigenvalue weighted by atomic mass is 9.43. The van der Waals surface area contributed by atoms with Crippen LogP contribution in [0, 0.1) is 12.7 Å². The number of urea groups is 1. The lowest BCUT2D eigenvalue weighted by Crippen LogP contribution is -2.84. The number of carbonyl (C=O) groups excluding carboxylic acids is 2. The second kappa shape index (κ2) is 11.3. The van der Waals surface area contributed by atoms with Crippen LogP contribution in [-0.2, 0) is 14.4 Å². The number of ether oxygens (including phenoxy) is 1. The summed E-state index contributed by atoms with van der Waals surface area (Å²) >= 11 is 1.41. The molecule has 244 valence electrons. The average Bonchev–Trinajstić information content (AvgIpc) is 3.63. The quantitative estimate of drug-likeness (QED) is 0.309. The highest BCUT2D eigenvalue weighted by molar-refractivity contribution is 7.11. The van der Waals surface area contributed by atoms with Crippen molar-refractivity contribution in [2.45, 2.75) is 56.3 Å². The minimum atomic E-state index is -1.12. The molecule has 46 heavy (non-hydrogen) atoms. The third kappa shape index (κ3) is 4.74. The monoisotopic (exact) mass is 653 g/mol. The number of nitrogens with zero attached hydrogens (tertiary/aromatic N) is 6. The zero-order chi connectivity index (χ0) is 32.4. The molecule has 3 amide bonds. The second-order valence-electron chi connectivity index (χ2n) is 12.6. The van der Waals surface area contributed by atoms with Crippen LogP contribution in [0.1, 0.15) is 48.4 Å². The molecule has 2 atom stereocenters. The fraction of sp³-hybridized carbons (Fsp3) is 0.516. The molecule has 1 aromatic carbocycles. The summed E-state index contributed by atoms with van der Waals surface area (Å²) in [6, 6.07) is 3.91. The lowest BCUT2D eigenvalue weighted by molar-refractivity contribution is -0.298. The molecule has 6 aliphatic rings. The molecule has 3 saturated carbocycles. The molecule has 2 saturated heterocycles. The highest BCUT2D eigenvalue weighted by atomic mass is 32.1. The minimum Gasteiger partial charge on any atom is -0.463 e. The Bertz CT molecular complexity index is 1630. The molecule has 0 radical (unpaired) electrons. The summed E-state index contributed by atoms with van der Waals surface area (Å²) in [5, 5.41) is 16.4. The fourth-order valence-electron chi connectivity index (χ4n) is 7.96. The van der Waals surface area contributed by atoms with E-state index >= 15 is 0 Å². The predicted molar refractivity (Wildman–Crippen MR) is 165 cm³/mol. The molecule has 5 fully saturated rings. The van der Waals surface area contributed by atoms with Gasteiger partial charge in [-0.2, -0.15) is 5.06 Å². The molecule has 3 aliphatic carbocycles.